The molecule has 0 saturated carbocycles. The van der Waals surface area contributed by atoms with Crippen LogP contribution in [0, 0.1) is 6.92 Å². The number of aromatic nitrogens is 2. The van der Waals surface area contributed by atoms with Crippen LogP contribution in [0.25, 0.3) is 0 Å². The number of nitrogen functional groups attached to an aromatic ring is 2. The molecule has 1 aromatic heterocycles. The molecule has 0 aliphatic rings. The molecule has 0 spiro atoms. The number of hydrogen-bond donors (Lipinski definition) is 4. The van der Waals surface area contributed by atoms with E-state index < -0.39 is 0 Å². The maximum absolute atomic E-state index is 12.3. The molecule has 0 unspecified atom stereocenters. The Morgan fingerprint density at radius 1 is 0.920 bits per heavy atom. The number of benzene rings is 2. The molecule has 0 aliphatic carbocycles. The Hall–Kier alpha value is -3.61. The second-order valence-electron chi connectivity index (χ2n) is 5.53. The number of nitrogens with one attached hydrogen (secondary N) is 2. The van der Waals surface area contributed by atoms with Crippen molar-refractivity contribution < 1.29 is 4.79 Å². The number of hydrogen-bond acceptors (Lipinski definition) is 6. The lowest BCUT2D eigenvalue weighted by atomic mass is 10.2. The van der Waals surface area contributed by atoms with Crippen LogP contribution in [0.3, 0.4) is 0 Å². The van der Waals surface area contributed by atoms with Gasteiger partial charge in [0.05, 0.1) is 0 Å². The van der Waals surface area contributed by atoms with E-state index in [1.807, 2.05) is 6.92 Å². The summed E-state index contributed by atoms with van der Waals surface area (Å²) in [6.07, 6.45) is 0. The molecule has 0 radical (unpaired) electrons. The number of amides is 1. The predicted molar refractivity (Wildman–Crippen MR) is 99.7 cm³/mol. The lowest BCUT2D eigenvalue weighted by Gasteiger charge is -2.09. The quantitative estimate of drug-likeness (QED) is 0.545. The second-order valence-corrected chi connectivity index (χ2v) is 5.53. The Morgan fingerprint density at radius 2 is 1.56 bits per heavy atom. The van der Waals surface area contributed by atoms with Gasteiger partial charge in [-0.2, -0.15) is 4.98 Å². The minimum atomic E-state index is -0.196. The van der Waals surface area contributed by atoms with E-state index in [-0.39, 0.29) is 11.9 Å². The third kappa shape index (κ3) is 4.23. The molecule has 7 nitrogen and oxygen atoms in total. The molecule has 0 atom stereocenters. The van der Waals surface area contributed by atoms with Crippen LogP contribution in [-0.4, -0.2) is 15.9 Å². The van der Waals surface area contributed by atoms with Gasteiger partial charge < -0.3 is 22.1 Å². The van der Waals surface area contributed by atoms with Gasteiger partial charge in [0.2, 0.25) is 5.95 Å². The monoisotopic (exact) mass is 334 g/mol. The molecule has 7 heteroatoms. The molecule has 2 aromatic carbocycles. The van der Waals surface area contributed by atoms with Crippen LogP contribution in [0.1, 0.15) is 16.1 Å². The molecule has 1 heterocycles. The third-order valence-electron chi connectivity index (χ3n) is 3.46. The highest BCUT2D eigenvalue weighted by atomic mass is 16.1. The smallest absolute Gasteiger partial charge is 0.255 e. The van der Waals surface area contributed by atoms with Crippen LogP contribution >= 0.6 is 0 Å². The van der Waals surface area contributed by atoms with E-state index in [2.05, 4.69) is 20.6 Å². The van der Waals surface area contributed by atoms with Gasteiger partial charge in [0.1, 0.15) is 5.82 Å². The van der Waals surface area contributed by atoms with Crippen molar-refractivity contribution in [2.75, 3.05) is 22.1 Å². The number of aryl methyl sites for hydroxylation is 1. The van der Waals surface area contributed by atoms with Crippen molar-refractivity contribution in [2.45, 2.75) is 6.92 Å². The normalized spacial score (nSPS) is 10.3. The largest absolute Gasteiger partial charge is 0.399 e. The highest BCUT2D eigenvalue weighted by Crippen LogP contribution is 2.18. The number of carbonyl (C=O) groups is 1. The SMILES string of the molecule is Cc1cc(Nc2ccc(C(=O)Nc3ccc(N)cc3)cc2)nc(N)n1. The first-order valence-electron chi connectivity index (χ1n) is 7.65. The standard InChI is InChI=1S/C18H18N6O/c1-11-10-16(24-18(20)21-11)22-14-6-2-12(3-7-14)17(25)23-15-8-4-13(19)5-9-15/h2-10H,19H2,1H3,(H,23,25)(H3,20,21,22,24). The van der Waals surface area contributed by atoms with Crippen LogP contribution in [0.5, 0.6) is 0 Å². The van der Waals surface area contributed by atoms with Gasteiger partial charge in [-0.1, -0.05) is 0 Å². The minimum absolute atomic E-state index is 0.196. The Balaban J connectivity index is 1.68. The van der Waals surface area contributed by atoms with Crippen molar-refractivity contribution in [3.05, 3.63) is 65.9 Å². The maximum Gasteiger partial charge on any atom is 0.255 e. The van der Waals surface area contributed by atoms with Crippen LogP contribution < -0.4 is 22.1 Å². The van der Waals surface area contributed by atoms with Gasteiger partial charge >= 0.3 is 0 Å². The van der Waals surface area contributed by atoms with Crippen molar-refractivity contribution >= 4 is 34.7 Å². The number of rotatable bonds is 4. The molecular weight excluding hydrogens is 316 g/mol. The van der Waals surface area contributed by atoms with Crippen LogP contribution in [-0.2, 0) is 0 Å². The zero-order valence-electron chi connectivity index (χ0n) is 13.7. The zero-order valence-corrected chi connectivity index (χ0v) is 13.7. The Labute approximate surface area is 145 Å². The summed E-state index contributed by atoms with van der Waals surface area (Å²) < 4.78 is 0. The van der Waals surface area contributed by atoms with Crippen molar-refractivity contribution in [3.63, 3.8) is 0 Å². The van der Waals surface area contributed by atoms with Crippen LogP contribution in [0.4, 0.5) is 28.8 Å². The summed E-state index contributed by atoms with van der Waals surface area (Å²) in [6.45, 7) is 1.84. The van der Waals surface area contributed by atoms with Gasteiger partial charge in [0.25, 0.3) is 5.91 Å². The van der Waals surface area contributed by atoms with E-state index in [0.29, 0.717) is 22.8 Å². The zero-order chi connectivity index (χ0) is 17.8. The number of nitrogens with zero attached hydrogens (tertiary/aromatic N) is 2. The molecule has 0 fully saturated rings. The summed E-state index contributed by atoms with van der Waals surface area (Å²) in [5, 5.41) is 5.95. The van der Waals surface area contributed by atoms with Crippen LogP contribution in [0.15, 0.2) is 54.6 Å². The Bertz CT molecular complexity index is 870. The summed E-state index contributed by atoms with van der Waals surface area (Å²) >= 11 is 0. The van der Waals surface area contributed by atoms with E-state index in [1.54, 1.807) is 54.6 Å². The number of anilines is 5. The summed E-state index contributed by atoms with van der Waals surface area (Å²) in [5.41, 5.74) is 14.7. The highest BCUT2D eigenvalue weighted by Gasteiger charge is 2.07. The summed E-state index contributed by atoms with van der Waals surface area (Å²) in [6, 6.07) is 15.8. The second kappa shape index (κ2) is 6.88. The van der Waals surface area contributed by atoms with E-state index in [9.17, 15) is 4.79 Å². The topological polar surface area (TPSA) is 119 Å². The molecular formula is C18H18N6O. The Morgan fingerprint density at radius 3 is 2.20 bits per heavy atom. The fourth-order valence-electron chi connectivity index (χ4n) is 2.28. The maximum atomic E-state index is 12.3. The molecule has 3 rings (SSSR count). The molecule has 0 saturated heterocycles. The van der Waals surface area contributed by atoms with E-state index in [1.165, 1.54) is 0 Å². The average molecular weight is 334 g/mol. The lowest BCUT2D eigenvalue weighted by molar-refractivity contribution is 0.102. The minimum Gasteiger partial charge on any atom is -0.399 e. The van der Waals surface area contributed by atoms with Crippen molar-refractivity contribution in [3.8, 4) is 0 Å². The third-order valence-corrected chi connectivity index (χ3v) is 3.46. The van der Waals surface area contributed by atoms with E-state index in [0.717, 1.165) is 11.4 Å². The number of nitrogens with two attached hydrogens (primary N) is 2. The van der Waals surface area contributed by atoms with Gasteiger partial charge in [-0.3, -0.25) is 4.79 Å². The molecule has 6 N–H and O–H groups in total. The summed E-state index contributed by atoms with van der Waals surface area (Å²) in [7, 11) is 0. The van der Waals surface area contributed by atoms with Crippen molar-refractivity contribution in [1.29, 1.82) is 0 Å². The van der Waals surface area contributed by atoms with Crippen molar-refractivity contribution in [2.24, 2.45) is 0 Å². The summed E-state index contributed by atoms with van der Waals surface area (Å²) in [5.74, 6) is 0.615. The molecule has 25 heavy (non-hydrogen) atoms. The van der Waals surface area contributed by atoms with Gasteiger partial charge in [0, 0.05) is 34.4 Å². The number of carbonyl (C=O) groups excluding carboxylic acids is 1. The first-order chi connectivity index (χ1) is 12.0. The van der Waals surface area contributed by atoms with Gasteiger partial charge in [-0.25, -0.2) is 4.98 Å². The van der Waals surface area contributed by atoms with Crippen molar-refractivity contribution in [1.82, 2.24) is 9.97 Å². The van der Waals surface area contributed by atoms with Gasteiger partial charge in [-0.15, -0.1) is 0 Å². The van der Waals surface area contributed by atoms with E-state index >= 15 is 0 Å². The van der Waals surface area contributed by atoms with Gasteiger partial charge in [0.15, 0.2) is 0 Å². The predicted octanol–water partition coefficient (Wildman–Crippen LogP) is 2.95. The van der Waals surface area contributed by atoms with E-state index in [4.69, 9.17) is 11.5 Å². The fraction of sp³-hybridized carbons (Fsp3) is 0.0556. The summed E-state index contributed by atoms with van der Waals surface area (Å²) in [4.78, 5) is 20.4. The fourth-order valence-corrected chi connectivity index (χ4v) is 2.28. The average Bonchev–Trinajstić information content (AvgIpc) is 2.56. The van der Waals surface area contributed by atoms with Gasteiger partial charge in [-0.05, 0) is 55.5 Å². The molecule has 1 amide bonds. The Kier molecular flexibility index (Phi) is 4.47. The molecule has 3 aromatic rings. The lowest BCUT2D eigenvalue weighted by Crippen LogP contribution is -2.11. The highest BCUT2D eigenvalue weighted by molar-refractivity contribution is 6.04. The first kappa shape index (κ1) is 16.3. The molecule has 0 bridgehead atoms. The molecule has 126 valence electrons. The first-order valence-corrected chi connectivity index (χ1v) is 7.65. The van der Waals surface area contributed by atoms with Crippen LogP contribution in [0.2, 0.25) is 0 Å². The molecule has 0 aliphatic heterocycles.